The monoisotopic (exact) mass is 405 g/mol. The van der Waals surface area contributed by atoms with Crippen LogP contribution >= 0.6 is 0 Å². The number of aliphatic hydroxyl groups is 1. The zero-order valence-corrected chi connectivity index (χ0v) is 16.0. The molecule has 0 amide bonds. The lowest BCUT2D eigenvalue weighted by Gasteiger charge is -2.34. The average Bonchev–Trinajstić information content (AvgIpc) is 2.62. The number of aliphatic hydroxyl groups excluding tert-OH is 1. The van der Waals surface area contributed by atoms with Crippen LogP contribution in [0.1, 0.15) is 37.3 Å². The summed E-state index contributed by atoms with van der Waals surface area (Å²) in [6.07, 6.45) is -1.21. The second-order valence-electron chi connectivity index (χ2n) is 7.49. The number of allylic oxidation sites excluding steroid dienone is 2. The van der Waals surface area contributed by atoms with Crippen LogP contribution in [0.5, 0.6) is 11.5 Å². The number of nitrogens with zero attached hydrogens (tertiary/aromatic N) is 1. The van der Waals surface area contributed by atoms with Crippen LogP contribution in [-0.4, -0.2) is 26.4 Å². The van der Waals surface area contributed by atoms with Gasteiger partial charge < -0.3 is 15.3 Å². The van der Waals surface area contributed by atoms with Crippen LogP contribution in [-0.2, 0) is 6.18 Å². The molecule has 1 aliphatic carbocycles. The number of hydrogen-bond acceptors (Lipinski definition) is 4. The van der Waals surface area contributed by atoms with E-state index in [4.69, 9.17) is 0 Å². The molecule has 0 radical (unpaired) electrons. The maximum atomic E-state index is 13.3. The van der Waals surface area contributed by atoms with Crippen LogP contribution in [0, 0.1) is 5.92 Å². The Bertz CT molecular complexity index is 959. The lowest BCUT2D eigenvalue weighted by Crippen LogP contribution is -2.26. The van der Waals surface area contributed by atoms with Crippen molar-refractivity contribution in [2.45, 2.75) is 38.5 Å². The zero-order valence-electron chi connectivity index (χ0n) is 16.0. The SMILES string of the molecule is C=C(C)[C@@H]1C[C@H](O)C(C)=C[C@H]1c1c(O)cc(-c2ccncc2C(F)(F)F)cc1O. The molecule has 0 unspecified atom stereocenters. The number of hydrogen-bond donors (Lipinski definition) is 3. The molecule has 1 heterocycles. The summed E-state index contributed by atoms with van der Waals surface area (Å²) in [7, 11) is 0. The van der Waals surface area contributed by atoms with Crippen LogP contribution in [0.4, 0.5) is 13.2 Å². The lowest BCUT2D eigenvalue weighted by molar-refractivity contribution is -0.137. The highest BCUT2D eigenvalue weighted by Crippen LogP contribution is 2.48. The van der Waals surface area contributed by atoms with Gasteiger partial charge in [-0.25, -0.2) is 0 Å². The predicted molar refractivity (Wildman–Crippen MR) is 103 cm³/mol. The van der Waals surface area contributed by atoms with E-state index >= 15 is 0 Å². The minimum Gasteiger partial charge on any atom is -0.507 e. The van der Waals surface area contributed by atoms with Crippen molar-refractivity contribution in [3.63, 3.8) is 0 Å². The number of halogens is 3. The Morgan fingerprint density at radius 1 is 1.21 bits per heavy atom. The Morgan fingerprint density at radius 3 is 2.38 bits per heavy atom. The maximum absolute atomic E-state index is 13.3. The van der Waals surface area contributed by atoms with Crippen molar-refractivity contribution in [3.8, 4) is 22.6 Å². The lowest BCUT2D eigenvalue weighted by atomic mass is 9.72. The molecule has 7 heteroatoms. The van der Waals surface area contributed by atoms with E-state index in [0.717, 1.165) is 5.57 Å². The Balaban J connectivity index is 2.14. The Hall–Kier alpha value is -2.80. The molecule has 0 aliphatic heterocycles. The normalized spacial score (nSPS) is 22.3. The summed E-state index contributed by atoms with van der Waals surface area (Å²) >= 11 is 0. The van der Waals surface area contributed by atoms with Gasteiger partial charge in [0.25, 0.3) is 0 Å². The molecular formula is C22H22F3NO3. The average molecular weight is 405 g/mol. The summed E-state index contributed by atoms with van der Waals surface area (Å²) in [5.74, 6) is -1.32. The molecule has 2 aromatic rings. The molecule has 0 spiro atoms. The van der Waals surface area contributed by atoms with Gasteiger partial charge >= 0.3 is 6.18 Å². The van der Waals surface area contributed by atoms with Crippen LogP contribution in [0.2, 0.25) is 0 Å². The first kappa shape index (κ1) is 20.9. The quantitative estimate of drug-likeness (QED) is 0.617. The predicted octanol–water partition coefficient (Wildman–Crippen LogP) is 5.17. The number of phenols is 2. The van der Waals surface area contributed by atoms with Crippen molar-refractivity contribution in [1.82, 2.24) is 4.98 Å². The number of alkyl halides is 3. The van der Waals surface area contributed by atoms with Crippen molar-refractivity contribution in [2.24, 2.45) is 5.92 Å². The summed E-state index contributed by atoms with van der Waals surface area (Å²) in [5.41, 5.74) is 0.560. The molecule has 3 atom stereocenters. The molecular weight excluding hydrogens is 383 g/mol. The van der Waals surface area contributed by atoms with E-state index in [9.17, 15) is 28.5 Å². The topological polar surface area (TPSA) is 73.6 Å². The summed E-state index contributed by atoms with van der Waals surface area (Å²) in [5, 5.41) is 31.5. The van der Waals surface area contributed by atoms with Crippen molar-refractivity contribution in [2.75, 3.05) is 0 Å². The summed E-state index contributed by atoms with van der Waals surface area (Å²) in [6.45, 7) is 7.49. The molecule has 154 valence electrons. The van der Waals surface area contributed by atoms with E-state index in [-0.39, 0.29) is 34.1 Å². The molecule has 1 aliphatic rings. The summed E-state index contributed by atoms with van der Waals surface area (Å²) < 4.78 is 40.0. The first-order valence-electron chi connectivity index (χ1n) is 9.10. The molecule has 0 saturated heterocycles. The zero-order chi connectivity index (χ0) is 21.5. The highest BCUT2D eigenvalue weighted by Gasteiger charge is 2.36. The summed E-state index contributed by atoms with van der Waals surface area (Å²) in [6, 6.07) is 3.61. The largest absolute Gasteiger partial charge is 0.507 e. The fraction of sp³-hybridized carbons (Fsp3) is 0.318. The van der Waals surface area contributed by atoms with Gasteiger partial charge in [-0.05, 0) is 61.1 Å². The minimum atomic E-state index is -4.63. The molecule has 0 saturated carbocycles. The number of aromatic hydroxyl groups is 2. The molecule has 0 fully saturated rings. The van der Waals surface area contributed by atoms with Gasteiger partial charge in [-0.3, -0.25) is 4.98 Å². The number of rotatable bonds is 3. The van der Waals surface area contributed by atoms with Gasteiger partial charge in [-0.2, -0.15) is 13.2 Å². The molecule has 29 heavy (non-hydrogen) atoms. The first-order valence-corrected chi connectivity index (χ1v) is 9.10. The van der Waals surface area contributed by atoms with Crippen molar-refractivity contribution < 1.29 is 28.5 Å². The van der Waals surface area contributed by atoms with E-state index in [1.54, 1.807) is 19.9 Å². The minimum absolute atomic E-state index is 0.0295. The van der Waals surface area contributed by atoms with E-state index < -0.39 is 23.8 Å². The third-order valence-corrected chi connectivity index (χ3v) is 5.42. The number of pyridine rings is 1. The van der Waals surface area contributed by atoms with Crippen LogP contribution in [0.25, 0.3) is 11.1 Å². The summed E-state index contributed by atoms with van der Waals surface area (Å²) in [4.78, 5) is 3.53. The standard InChI is InChI=1S/C22H22F3NO3/c1-11(2)15-9-18(27)12(3)6-16(15)21-19(28)7-13(8-20(21)29)14-4-5-26-10-17(14)22(23,24)25/h4-8,10,15-16,18,27-29H,1,9H2,2-3H3/t15-,16+,18-/m0/s1. The molecule has 3 N–H and O–H groups in total. The van der Waals surface area contributed by atoms with Gasteiger partial charge in [0.2, 0.25) is 0 Å². The van der Waals surface area contributed by atoms with Gasteiger partial charge in [-0.15, -0.1) is 0 Å². The molecule has 3 rings (SSSR count). The smallest absolute Gasteiger partial charge is 0.418 e. The number of phenolic OH excluding ortho intramolecular Hbond substituents is 2. The van der Waals surface area contributed by atoms with E-state index in [2.05, 4.69) is 11.6 Å². The highest BCUT2D eigenvalue weighted by atomic mass is 19.4. The van der Waals surface area contributed by atoms with E-state index in [0.29, 0.717) is 18.2 Å². The molecule has 1 aromatic carbocycles. The van der Waals surface area contributed by atoms with Gasteiger partial charge in [-0.1, -0.05) is 18.2 Å². The van der Waals surface area contributed by atoms with Crippen LogP contribution < -0.4 is 0 Å². The molecule has 0 bridgehead atoms. The van der Waals surface area contributed by atoms with E-state index in [1.807, 2.05) is 0 Å². The number of benzene rings is 1. The Labute approximate surface area is 166 Å². The van der Waals surface area contributed by atoms with Gasteiger partial charge in [0.05, 0.1) is 11.7 Å². The number of aromatic nitrogens is 1. The third-order valence-electron chi connectivity index (χ3n) is 5.42. The van der Waals surface area contributed by atoms with Gasteiger partial charge in [0, 0.05) is 23.9 Å². The first-order chi connectivity index (χ1) is 13.5. The fourth-order valence-corrected chi connectivity index (χ4v) is 3.87. The van der Waals surface area contributed by atoms with Crippen molar-refractivity contribution in [3.05, 3.63) is 65.5 Å². The third kappa shape index (κ3) is 4.00. The molecule has 4 nitrogen and oxygen atoms in total. The fourth-order valence-electron chi connectivity index (χ4n) is 3.87. The highest BCUT2D eigenvalue weighted by molar-refractivity contribution is 5.72. The second-order valence-corrected chi connectivity index (χ2v) is 7.49. The Morgan fingerprint density at radius 2 is 1.83 bits per heavy atom. The Kier molecular flexibility index (Phi) is 5.45. The molecule has 1 aromatic heterocycles. The van der Waals surface area contributed by atoms with Crippen molar-refractivity contribution in [1.29, 1.82) is 0 Å². The maximum Gasteiger partial charge on any atom is 0.418 e. The van der Waals surface area contributed by atoms with Crippen LogP contribution in [0.3, 0.4) is 0 Å². The second kappa shape index (κ2) is 7.55. The van der Waals surface area contributed by atoms with E-state index in [1.165, 1.54) is 24.4 Å². The van der Waals surface area contributed by atoms with Gasteiger partial charge in [0.1, 0.15) is 11.5 Å². The van der Waals surface area contributed by atoms with Crippen molar-refractivity contribution >= 4 is 0 Å². The van der Waals surface area contributed by atoms with Crippen LogP contribution in [0.15, 0.2) is 54.4 Å². The van der Waals surface area contributed by atoms with Gasteiger partial charge in [0.15, 0.2) is 0 Å².